The van der Waals surface area contributed by atoms with Gasteiger partial charge in [0, 0.05) is 30.6 Å². The van der Waals surface area contributed by atoms with E-state index < -0.39 is 5.41 Å². The van der Waals surface area contributed by atoms with Crippen molar-refractivity contribution < 1.29 is 9.53 Å². The summed E-state index contributed by atoms with van der Waals surface area (Å²) in [6, 6.07) is 11.7. The Bertz CT molecular complexity index is 1540. The maximum Gasteiger partial charge on any atom is 0.316 e. The lowest BCUT2D eigenvalue weighted by molar-refractivity contribution is -0.146. The van der Waals surface area contributed by atoms with E-state index in [0.717, 1.165) is 52.3 Å². The highest BCUT2D eigenvalue weighted by molar-refractivity contribution is 5.87. The fourth-order valence-electron chi connectivity index (χ4n) is 4.52. The molecule has 0 radical (unpaired) electrons. The molecule has 5 rings (SSSR count). The van der Waals surface area contributed by atoms with Crippen LogP contribution < -0.4 is 5.32 Å². The Morgan fingerprint density at radius 2 is 1.95 bits per heavy atom. The summed E-state index contributed by atoms with van der Waals surface area (Å²) in [5, 5.41) is 17.6. The lowest BCUT2D eigenvalue weighted by Gasteiger charge is -2.16. The molecule has 1 aliphatic carbocycles. The van der Waals surface area contributed by atoms with E-state index in [2.05, 4.69) is 45.3 Å². The molecule has 1 aromatic carbocycles. The van der Waals surface area contributed by atoms with Gasteiger partial charge < -0.3 is 10.1 Å². The highest BCUT2D eigenvalue weighted by Gasteiger charge is 2.52. The van der Waals surface area contributed by atoms with Gasteiger partial charge in [0.05, 0.1) is 53.0 Å². The van der Waals surface area contributed by atoms with Gasteiger partial charge in [0.25, 0.3) is 0 Å². The van der Waals surface area contributed by atoms with Crippen LogP contribution in [0.3, 0.4) is 0 Å². The predicted molar refractivity (Wildman–Crippen MR) is 151 cm³/mol. The molecule has 0 amide bonds. The monoisotopic (exact) mass is 543 g/mol. The zero-order valence-corrected chi connectivity index (χ0v) is 23.1. The predicted octanol–water partition coefficient (Wildman–Crippen LogP) is 5.69. The summed E-state index contributed by atoms with van der Waals surface area (Å²) in [6.07, 6.45) is 8.43. The van der Waals surface area contributed by atoms with Crippen molar-refractivity contribution in [3.8, 4) is 28.5 Å². The first-order chi connectivity index (χ1) is 18.4. The van der Waals surface area contributed by atoms with E-state index in [1.165, 1.54) is 0 Å². The molecule has 4 aromatic rings. The van der Waals surface area contributed by atoms with Crippen molar-refractivity contribution in [3.05, 3.63) is 71.9 Å². The summed E-state index contributed by atoms with van der Waals surface area (Å²) >= 11 is 0. The third kappa shape index (κ3) is 5.33. The number of pyridine rings is 1. The number of ether oxygens (including phenoxy) is 1. The van der Waals surface area contributed by atoms with Gasteiger partial charge in [-0.1, -0.05) is 32.0 Å². The first kappa shape index (κ1) is 27.7. The van der Waals surface area contributed by atoms with Crippen LogP contribution in [0.2, 0.25) is 0 Å². The molecule has 0 bridgehead atoms. The normalized spacial score (nSPS) is 13.3. The Kier molecular flexibility index (Phi) is 7.98. The number of anilines is 2. The second-order valence-electron chi connectivity index (χ2n) is 9.75. The molecular weight excluding hydrogens is 514 g/mol. The van der Waals surface area contributed by atoms with E-state index in [0.29, 0.717) is 18.0 Å². The molecule has 0 aliphatic heterocycles. The van der Waals surface area contributed by atoms with Crippen molar-refractivity contribution in [2.24, 2.45) is 7.05 Å². The van der Waals surface area contributed by atoms with Crippen LogP contribution in [0.1, 0.15) is 56.4 Å². The number of hydrogen-bond acceptors (Lipinski definition) is 8. The molecular formula is C29H30ClN7O2. The van der Waals surface area contributed by atoms with Crippen LogP contribution in [0, 0.1) is 11.3 Å². The average Bonchev–Trinajstić information content (AvgIpc) is 3.68. The molecule has 9 nitrogen and oxygen atoms in total. The summed E-state index contributed by atoms with van der Waals surface area (Å²) in [4.78, 5) is 26.1. The van der Waals surface area contributed by atoms with Gasteiger partial charge in [-0.25, -0.2) is 4.98 Å². The van der Waals surface area contributed by atoms with E-state index in [4.69, 9.17) is 4.74 Å². The summed E-state index contributed by atoms with van der Waals surface area (Å²) < 4.78 is 7.02. The number of carbonyl (C=O) groups excluding carboxylic acids is 1. The SMILES string of the molecule is CCOC(=O)C1(c2ccc(-c3ccc(-c4cnn(C)c4Nc4cncc(C(C)C)n4)nc3)c(C#N)c2)CC1.Cl. The van der Waals surface area contributed by atoms with Crippen LogP contribution in [0.4, 0.5) is 11.6 Å². The van der Waals surface area contributed by atoms with Crippen molar-refractivity contribution in [1.29, 1.82) is 5.26 Å². The average molecular weight is 544 g/mol. The third-order valence-electron chi connectivity index (χ3n) is 6.89. The number of rotatable bonds is 8. The van der Waals surface area contributed by atoms with Gasteiger partial charge in [-0.2, -0.15) is 10.4 Å². The largest absolute Gasteiger partial charge is 0.465 e. The van der Waals surface area contributed by atoms with E-state index >= 15 is 0 Å². The van der Waals surface area contributed by atoms with Crippen LogP contribution in [0.15, 0.2) is 55.1 Å². The quantitative estimate of drug-likeness (QED) is 0.281. The number of hydrogen-bond donors (Lipinski definition) is 1. The van der Waals surface area contributed by atoms with Crippen LogP contribution >= 0.6 is 12.4 Å². The fourth-order valence-corrected chi connectivity index (χ4v) is 4.52. The smallest absolute Gasteiger partial charge is 0.316 e. The maximum atomic E-state index is 12.5. The molecule has 1 saturated carbocycles. The molecule has 1 fully saturated rings. The van der Waals surface area contributed by atoms with Crippen LogP contribution in [0.5, 0.6) is 0 Å². The molecule has 10 heteroatoms. The summed E-state index contributed by atoms with van der Waals surface area (Å²) in [7, 11) is 1.85. The van der Waals surface area contributed by atoms with Crippen molar-refractivity contribution >= 4 is 30.0 Å². The number of benzene rings is 1. The molecule has 0 unspecified atom stereocenters. The van der Waals surface area contributed by atoms with Crippen LogP contribution in [-0.2, 0) is 22.0 Å². The zero-order chi connectivity index (χ0) is 26.9. The number of nitrogens with zero attached hydrogens (tertiary/aromatic N) is 6. The van der Waals surface area contributed by atoms with Gasteiger partial charge in [0.15, 0.2) is 0 Å². The van der Waals surface area contributed by atoms with E-state index in [9.17, 15) is 10.1 Å². The highest BCUT2D eigenvalue weighted by Crippen LogP contribution is 2.50. The second kappa shape index (κ2) is 11.2. The number of aromatic nitrogens is 5. The lowest BCUT2D eigenvalue weighted by atomic mass is 9.91. The molecule has 1 aliphatic rings. The Morgan fingerprint density at radius 1 is 1.15 bits per heavy atom. The minimum atomic E-state index is -0.620. The number of carbonyl (C=O) groups is 1. The Hall–Kier alpha value is -4.29. The molecule has 3 heterocycles. The Balaban J connectivity index is 0.00000353. The Morgan fingerprint density at radius 3 is 2.59 bits per heavy atom. The van der Waals surface area contributed by atoms with Gasteiger partial charge in [-0.15, -0.1) is 12.4 Å². The summed E-state index contributed by atoms with van der Waals surface area (Å²) in [6.45, 7) is 6.29. The van der Waals surface area contributed by atoms with Crippen LogP contribution in [-0.4, -0.2) is 37.3 Å². The minimum absolute atomic E-state index is 0. The summed E-state index contributed by atoms with van der Waals surface area (Å²) in [5.74, 6) is 1.42. The maximum absolute atomic E-state index is 12.5. The van der Waals surface area contributed by atoms with Crippen molar-refractivity contribution in [2.45, 2.75) is 44.9 Å². The molecule has 0 atom stereocenters. The van der Waals surface area contributed by atoms with Crippen molar-refractivity contribution in [1.82, 2.24) is 24.7 Å². The minimum Gasteiger partial charge on any atom is -0.465 e. The van der Waals surface area contributed by atoms with Crippen LogP contribution in [0.25, 0.3) is 22.4 Å². The standard InChI is InChI=1S/C29H29N7O2.ClH/c1-5-38-28(37)29(10-11-29)21-7-8-22(20(12-21)13-30)19-6-9-24(32-14-19)23-15-33-36(4)27(23)35-26-17-31-16-25(34-26)18(2)3;/h6-9,12,14-18H,5,10-11H2,1-4H3,(H,34,35);1H. The van der Waals surface area contributed by atoms with Crippen molar-refractivity contribution in [2.75, 3.05) is 11.9 Å². The second-order valence-corrected chi connectivity index (χ2v) is 9.75. The first-order valence-corrected chi connectivity index (χ1v) is 12.7. The molecule has 0 saturated heterocycles. The lowest BCUT2D eigenvalue weighted by Crippen LogP contribution is -2.23. The number of esters is 1. The number of halogens is 1. The van der Waals surface area contributed by atoms with E-state index in [1.54, 1.807) is 36.4 Å². The fraction of sp³-hybridized carbons (Fsp3) is 0.310. The molecule has 39 heavy (non-hydrogen) atoms. The molecule has 1 N–H and O–H groups in total. The third-order valence-corrected chi connectivity index (χ3v) is 6.89. The zero-order valence-electron chi connectivity index (χ0n) is 22.3. The topological polar surface area (TPSA) is 119 Å². The number of aryl methyl sites for hydroxylation is 1. The number of nitriles is 1. The van der Waals surface area contributed by atoms with Gasteiger partial charge in [0.2, 0.25) is 0 Å². The van der Waals surface area contributed by atoms with Gasteiger partial charge >= 0.3 is 5.97 Å². The molecule has 0 spiro atoms. The molecule has 200 valence electrons. The van der Waals surface area contributed by atoms with Crippen molar-refractivity contribution in [3.63, 3.8) is 0 Å². The molecule has 3 aromatic heterocycles. The Labute approximate surface area is 233 Å². The van der Waals surface area contributed by atoms with E-state index in [1.807, 2.05) is 37.4 Å². The van der Waals surface area contributed by atoms with E-state index in [-0.39, 0.29) is 24.3 Å². The van der Waals surface area contributed by atoms with Gasteiger partial charge in [-0.3, -0.25) is 19.4 Å². The van der Waals surface area contributed by atoms with Gasteiger partial charge in [0.1, 0.15) is 11.6 Å². The summed E-state index contributed by atoms with van der Waals surface area (Å²) in [5.41, 5.74) is 4.73. The number of nitrogens with one attached hydrogen (secondary N) is 1. The highest BCUT2D eigenvalue weighted by atomic mass is 35.5. The van der Waals surface area contributed by atoms with Gasteiger partial charge in [-0.05, 0) is 43.4 Å². The first-order valence-electron chi connectivity index (χ1n) is 12.7.